The summed E-state index contributed by atoms with van der Waals surface area (Å²) in [5, 5.41) is 0. The van der Waals surface area contributed by atoms with Crippen LogP contribution >= 0.6 is 0 Å². The Labute approximate surface area is 115 Å². The number of hydrogen-bond acceptors (Lipinski definition) is 2. The van der Waals surface area contributed by atoms with E-state index >= 15 is 0 Å². The third-order valence-corrected chi connectivity index (χ3v) is 3.64. The van der Waals surface area contributed by atoms with Crippen molar-refractivity contribution < 1.29 is 0 Å². The lowest BCUT2D eigenvalue weighted by atomic mass is 9.93. The largest absolute Gasteiger partial charge is 0.330 e. The van der Waals surface area contributed by atoms with Gasteiger partial charge in [-0.25, -0.2) is 0 Å². The number of nitrogens with two attached hydrogens (primary N) is 1. The molecular formula is C16H36N2. The van der Waals surface area contributed by atoms with Crippen molar-refractivity contribution in [2.24, 2.45) is 11.1 Å². The molecule has 2 heteroatoms. The molecule has 18 heavy (non-hydrogen) atoms. The van der Waals surface area contributed by atoms with Crippen LogP contribution in [0, 0.1) is 5.41 Å². The monoisotopic (exact) mass is 256 g/mol. The summed E-state index contributed by atoms with van der Waals surface area (Å²) in [7, 11) is 2.22. The van der Waals surface area contributed by atoms with Crippen LogP contribution in [0.4, 0.5) is 0 Å². The third-order valence-electron chi connectivity index (χ3n) is 3.64. The van der Waals surface area contributed by atoms with Gasteiger partial charge in [0.2, 0.25) is 0 Å². The van der Waals surface area contributed by atoms with Crippen LogP contribution in [0.2, 0.25) is 0 Å². The molecule has 0 heterocycles. The minimum atomic E-state index is 0.259. The van der Waals surface area contributed by atoms with Gasteiger partial charge in [0, 0.05) is 6.54 Å². The summed E-state index contributed by atoms with van der Waals surface area (Å²) < 4.78 is 0. The first kappa shape index (κ1) is 17.9. The number of hydrogen-bond donors (Lipinski definition) is 1. The summed E-state index contributed by atoms with van der Waals surface area (Å²) in [5.41, 5.74) is 6.02. The second kappa shape index (κ2) is 10.8. The van der Waals surface area contributed by atoms with Gasteiger partial charge in [0.05, 0.1) is 0 Å². The Kier molecular flexibility index (Phi) is 10.8. The normalized spacial score (nSPS) is 12.3. The van der Waals surface area contributed by atoms with Gasteiger partial charge in [0.1, 0.15) is 0 Å². The van der Waals surface area contributed by atoms with Gasteiger partial charge in [0.15, 0.2) is 0 Å². The lowest BCUT2D eigenvalue weighted by Crippen LogP contribution is -2.37. The van der Waals surface area contributed by atoms with Crippen LogP contribution < -0.4 is 5.73 Å². The maximum atomic E-state index is 5.76. The van der Waals surface area contributed by atoms with Crippen LogP contribution in [0.15, 0.2) is 0 Å². The fraction of sp³-hybridized carbons (Fsp3) is 1.00. The lowest BCUT2D eigenvalue weighted by molar-refractivity contribution is 0.212. The third kappa shape index (κ3) is 11.0. The van der Waals surface area contributed by atoms with Crippen molar-refractivity contribution >= 4 is 0 Å². The zero-order valence-electron chi connectivity index (χ0n) is 13.3. The molecule has 2 N–H and O–H groups in total. The standard InChI is InChI=1S/C16H36N2/c1-5-6-7-8-9-10-11-12-13-18(4)15-16(2,3)14-17/h5-15,17H2,1-4H3. The molecule has 0 amide bonds. The summed E-state index contributed by atoms with van der Waals surface area (Å²) in [6.45, 7) is 9.88. The van der Waals surface area contributed by atoms with Crippen molar-refractivity contribution in [2.45, 2.75) is 72.1 Å². The maximum absolute atomic E-state index is 5.76. The van der Waals surface area contributed by atoms with Crippen molar-refractivity contribution in [2.75, 3.05) is 26.7 Å². The molecule has 2 nitrogen and oxygen atoms in total. The molecule has 0 unspecified atom stereocenters. The molecule has 0 atom stereocenters. The van der Waals surface area contributed by atoms with Crippen molar-refractivity contribution in [1.29, 1.82) is 0 Å². The fourth-order valence-corrected chi connectivity index (χ4v) is 2.39. The van der Waals surface area contributed by atoms with Gasteiger partial charge in [0.25, 0.3) is 0 Å². The topological polar surface area (TPSA) is 29.3 Å². The molecule has 0 aliphatic heterocycles. The minimum absolute atomic E-state index is 0.259. The van der Waals surface area contributed by atoms with Crippen LogP contribution in [-0.2, 0) is 0 Å². The molecule has 0 spiro atoms. The van der Waals surface area contributed by atoms with Gasteiger partial charge in [-0.3, -0.25) is 0 Å². The Bertz CT molecular complexity index is 178. The van der Waals surface area contributed by atoms with Crippen LogP contribution in [0.25, 0.3) is 0 Å². The van der Waals surface area contributed by atoms with Crippen molar-refractivity contribution in [1.82, 2.24) is 4.90 Å². The van der Waals surface area contributed by atoms with Gasteiger partial charge in [-0.15, -0.1) is 0 Å². The summed E-state index contributed by atoms with van der Waals surface area (Å²) in [6, 6.07) is 0. The minimum Gasteiger partial charge on any atom is -0.330 e. The maximum Gasteiger partial charge on any atom is 0.00417 e. The van der Waals surface area contributed by atoms with E-state index in [0.29, 0.717) is 0 Å². The van der Waals surface area contributed by atoms with E-state index in [1.54, 1.807) is 0 Å². The molecular weight excluding hydrogens is 220 g/mol. The lowest BCUT2D eigenvalue weighted by Gasteiger charge is -2.28. The van der Waals surface area contributed by atoms with Crippen molar-refractivity contribution in [3.05, 3.63) is 0 Å². The van der Waals surface area contributed by atoms with Crippen molar-refractivity contribution in [3.8, 4) is 0 Å². The highest BCUT2D eigenvalue weighted by Gasteiger charge is 2.17. The highest BCUT2D eigenvalue weighted by atomic mass is 15.1. The fourth-order valence-electron chi connectivity index (χ4n) is 2.39. The summed E-state index contributed by atoms with van der Waals surface area (Å²) in [6.07, 6.45) is 11.2. The summed E-state index contributed by atoms with van der Waals surface area (Å²) >= 11 is 0. The highest BCUT2D eigenvalue weighted by molar-refractivity contribution is 4.72. The quantitative estimate of drug-likeness (QED) is 0.534. The van der Waals surface area contributed by atoms with Crippen molar-refractivity contribution in [3.63, 3.8) is 0 Å². The van der Waals surface area contributed by atoms with E-state index in [1.165, 1.54) is 57.9 Å². The number of rotatable bonds is 12. The zero-order valence-corrected chi connectivity index (χ0v) is 13.3. The molecule has 0 radical (unpaired) electrons. The molecule has 0 fully saturated rings. The molecule has 0 aliphatic rings. The van der Waals surface area contributed by atoms with Crippen LogP contribution in [0.1, 0.15) is 72.1 Å². The molecule has 0 aromatic rings. The molecule has 0 rings (SSSR count). The van der Waals surface area contributed by atoms with E-state index in [4.69, 9.17) is 5.73 Å². The van der Waals surface area contributed by atoms with E-state index in [0.717, 1.165) is 13.1 Å². The number of nitrogens with zero attached hydrogens (tertiary/aromatic N) is 1. The summed E-state index contributed by atoms with van der Waals surface area (Å²) in [4.78, 5) is 2.43. The predicted molar refractivity (Wildman–Crippen MR) is 82.9 cm³/mol. The van der Waals surface area contributed by atoms with Gasteiger partial charge < -0.3 is 10.6 Å². The Morgan fingerprint density at radius 1 is 0.889 bits per heavy atom. The average Bonchev–Trinajstić information content (AvgIpc) is 2.32. The van der Waals surface area contributed by atoms with Gasteiger partial charge in [-0.2, -0.15) is 0 Å². The molecule has 0 saturated heterocycles. The first-order valence-electron chi connectivity index (χ1n) is 7.90. The van der Waals surface area contributed by atoms with Gasteiger partial charge in [-0.05, 0) is 32.0 Å². The van der Waals surface area contributed by atoms with E-state index in [2.05, 4.69) is 32.7 Å². The highest BCUT2D eigenvalue weighted by Crippen LogP contribution is 2.14. The van der Waals surface area contributed by atoms with Gasteiger partial charge >= 0.3 is 0 Å². The second-order valence-electron chi connectivity index (χ2n) is 6.58. The first-order chi connectivity index (χ1) is 8.52. The molecule has 0 aromatic heterocycles. The second-order valence-corrected chi connectivity index (χ2v) is 6.58. The SMILES string of the molecule is CCCCCCCCCCN(C)CC(C)(C)CN. The van der Waals surface area contributed by atoms with Crippen LogP contribution in [-0.4, -0.2) is 31.6 Å². The molecule has 0 saturated carbocycles. The predicted octanol–water partition coefficient (Wildman–Crippen LogP) is 4.04. The Hall–Kier alpha value is -0.0800. The Morgan fingerprint density at radius 3 is 1.89 bits per heavy atom. The molecule has 110 valence electrons. The Balaban J connectivity index is 3.33. The van der Waals surface area contributed by atoms with Crippen LogP contribution in [0.5, 0.6) is 0 Å². The van der Waals surface area contributed by atoms with Gasteiger partial charge in [-0.1, -0.05) is 65.7 Å². The Morgan fingerprint density at radius 2 is 1.39 bits per heavy atom. The van der Waals surface area contributed by atoms with E-state index < -0.39 is 0 Å². The summed E-state index contributed by atoms with van der Waals surface area (Å²) in [5.74, 6) is 0. The van der Waals surface area contributed by atoms with E-state index in [1.807, 2.05) is 0 Å². The van der Waals surface area contributed by atoms with E-state index in [9.17, 15) is 0 Å². The zero-order chi connectivity index (χ0) is 13.9. The average molecular weight is 256 g/mol. The van der Waals surface area contributed by atoms with Crippen LogP contribution in [0.3, 0.4) is 0 Å². The first-order valence-corrected chi connectivity index (χ1v) is 7.90. The number of unbranched alkanes of at least 4 members (excludes halogenated alkanes) is 7. The molecule has 0 bridgehead atoms. The molecule has 0 aliphatic carbocycles. The van der Waals surface area contributed by atoms with E-state index in [-0.39, 0.29) is 5.41 Å². The molecule has 0 aromatic carbocycles. The smallest absolute Gasteiger partial charge is 0.00417 e.